The van der Waals surface area contributed by atoms with Gasteiger partial charge in [-0.1, -0.05) is 26.0 Å². The van der Waals surface area contributed by atoms with Crippen LogP contribution in [0.5, 0.6) is 11.5 Å². The van der Waals surface area contributed by atoms with Crippen LogP contribution in [0, 0.1) is 0 Å². The third-order valence-corrected chi connectivity index (χ3v) is 6.80. The molecule has 0 fully saturated rings. The van der Waals surface area contributed by atoms with Gasteiger partial charge in [-0.05, 0) is 36.2 Å². The molecule has 0 aliphatic carbocycles. The Morgan fingerprint density at radius 2 is 1.66 bits per heavy atom. The van der Waals surface area contributed by atoms with Gasteiger partial charge in [-0.15, -0.1) is 0 Å². The molecule has 156 valence electrons. The minimum atomic E-state index is -3.47. The van der Waals surface area contributed by atoms with Crippen molar-refractivity contribution >= 4 is 21.6 Å². The lowest BCUT2D eigenvalue weighted by Gasteiger charge is -2.19. The quantitative estimate of drug-likeness (QED) is 0.712. The number of ether oxygens (including phenoxy) is 2. The second-order valence-electron chi connectivity index (χ2n) is 6.64. The molecule has 1 amide bonds. The topological polar surface area (TPSA) is 84.9 Å². The molecule has 0 atom stereocenters. The molecule has 29 heavy (non-hydrogen) atoms. The van der Waals surface area contributed by atoms with Crippen LogP contribution >= 0.6 is 0 Å². The Labute approximate surface area is 171 Å². The predicted octanol–water partition coefficient (Wildman–Crippen LogP) is 3.06. The summed E-state index contributed by atoms with van der Waals surface area (Å²) in [6.45, 7) is 5.50. The zero-order valence-electron chi connectivity index (χ0n) is 16.7. The predicted molar refractivity (Wildman–Crippen MR) is 111 cm³/mol. The Morgan fingerprint density at radius 1 is 1.00 bits per heavy atom. The first-order valence-corrected chi connectivity index (χ1v) is 11.2. The summed E-state index contributed by atoms with van der Waals surface area (Å²) in [6, 6.07) is 12.0. The lowest BCUT2D eigenvalue weighted by molar-refractivity contribution is -0.116. The number of fused-ring (bicyclic) bond motifs is 1. The fourth-order valence-electron chi connectivity index (χ4n) is 3.14. The van der Waals surface area contributed by atoms with Gasteiger partial charge in [0.2, 0.25) is 15.9 Å². The average molecular weight is 419 g/mol. The van der Waals surface area contributed by atoms with E-state index in [0.29, 0.717) is 49.9 Å². The van der Waals surface area contributed by atoms with E-state index in [-0.39, 0.29) is 17.2 Å². The fraction of sp³-hybridized carbons (Fsp3) is 0.381. The number of amides is 1. The van der Waals surface area contributed by atoms with Crippen LogP contribution in [0.3, 0.4) is 0 Å². The molecule has 0 radical (unpaired) electrons. The van der Waals surface area contributed by atoms with Crippen LogP contribution in [0.1, 0.15) is 25.8 Å². The van der Waals surface area contributed by atoms with Crippen LogP contribution in [0.25, 0.3) is 0 Å². The van der Waals surface area contributed by atoms with Crippen molar-refractivity contribution in [3.63, 3.8) is 0 Å². The highest BCUT2D eigenvalue weighted by Gasteiger charge is 2.21. The van der Waals surface area contributed by atoms with Crippen molar-refractivity contribution in [2.24, 2.45) is 0 Å². The van der Waals surface area contributed by atoms with E-state index in [4.69, 9.17) is 9.47 Å². The zero-order valence-corrected chi connectivity index (χ0v) is 17.5. The lowest BCUT2D eigenvalue weighted by Crippen LogP contribution is -2.30. The number of hydrogen-bond acceptors (Lipinski definition) is 5. The number of aryl methyl sites for hydroxylation is 1. The summed E-state index contributed by atoms with van der Waals surface area (Å²) in [5, 5.41) is 2.85. The molecule has 0 bridgehead atoms. The van der Waals surface area contributed by atoms with Gasteiger partial charge in [0.15, 0.2) is 11.5 Å². The van der Waals surface area contributed by atoms with Gasteiger partial charge < -0.3 is 14.8 Å². The number of carbonyl (C=O) groups excluding carboxylic acids is 1. The van der Waals surface area contributed by atoms with Crippen molar-refractivity contribution in [1.82, 2.24) is 4.31 Å². The second kappa shape index (κ2) is 9.28. The van der Waals surface area contributed by atoms with E-state index in [1.165, 1.54) is 4.31 Å². The van der Waals surface area contributed by atoms with E-state index in [1.807, 2.05) is 13.8 Å². The third-order valence-electron chi connectivity index (χ3n) is 4.73. The summed E-state index contributed by atoms with van der Waals surface area (Å²) >= 11 is 0. The van der Waals surface area contributed by atoms with Crippen molar-refractivity contribution in [1.29, 1.82) is 0 Å². The molecule has 3 rings (SSSR count). The van der Waals surface area contributed by atoms with Gasteiger partial charge in [0, 0.05) is 31.3 Å². The molecule has 0 spiro atoms. The Balaban J connectivity index is 1.57. The fourth-order valence-corrected chi connectivity index (χ4v) is 4.60. The molecular formula is C21H26N2O5S. The highest BCUT2D eigenvalue weighted by atomic mass is 32.2. The van der Waals surface area contributed by atoms with Gasteiger partial charge in [0.1, 0.15) is 13.2 Å². The number of benzene rings is 2. The molecule has 1 N–H and O–H groups in total. The van der Waals surface area contributed by atoms with Gasteiger partial charge in [-0.2, -0.15) is 4.31 Å². The molecule has 2 aromatic carbocycles. The third kappa shape index (κ3) is 5.07. The number of rotatable bonds is 8. The number of anilines is 1. The number of nitrogens with one attached hydrogen (secondary N) is 1. The molecule has 0 unspecified atom stereocenters. The Hall–Kier alpha value is -2.58. The van der Waals surface area contributed by atoms with E-state index >= 15 is 0 Å². The normalized spacial score (nSPS) is 13.3. The smallest absolute Gasteiger partial charge is 0.243 e. The maximum Gasteiger partial charge on any atom is 0.243 e. The summed E-state index contributed by atoms with van der Waals surface area (Å²) in [6.07, 6.45) is 0.804. The van der Waals surface area contributed by atoms with E-state index in [0.717, 1.165) is 5.56 Å². The summed E-state index contributed by atoms with van der Waals surface area (Å²) < 4.78 is 37.4. The molecule has 2 aromatic rings. The van der Waals surface area contributed by atoms with Crippen molar-refractivity contribution < 1.29 is 22.7 Å². The monoisotopic (exact) mass is 418 g/mol. The number of nitrogens with zero attached hydrogens (tertiary/aromatic N) is 1. The van der Waals surface area contributed by atoms with Gasteiger partial charge in [0.05, 0.1) is 4.90 Å². The molecule has 1 aliphatic heterocycles. The molecule has 1 heterocycles. The Bertz CT molecular complexity index is 954. The molecule has 0 saturated carbocycles. The standard InChI is InChI=1S/C21H26N2O5S/c1-3-23(4-2)29(25,26)18-9-5-16(6-10-18)7-12-21(24)22-17-8-11-19-20(15-17)28-14-13-27-19/h5-6,8-11,15H,3-4,7,12-14H2,1-2H3,(H,22,24). The number of sulfonamides is 1. The van der Waals surface area contributed by atoms with Crippen molar-refractivity contribution in [2.75, 3.05) is 31.6 Å². The highest BCUT2D eigenvalue weighted by molar-refractivity contribution is 7.89. The van der Waals surface area contributed by atoms with Gasteiger partial charge in [-0.3, -0.25) is 4.79 Å². The number of carbonyl (C=O) groups is 1. The van der Waals surface area contributed by atoms with Gasteiger partial charge in [-0.25, -0.2) is 8.42 Å². The Kier molecular flexibility index (Phi) is 6.76. The average Bonchev–Trinajstić information content (AvgIpc) is 2.73. The number of hydrogen-bond donors (Lipinski definition) is 1. The summed E-state index contributed by atoms with van der Waals surface area (Å²) in [4.78, 5) is 12.5. The summed E-state index contributed by atoms with van der Waals surface area (Å²) in [5.74, 6) is 1.18. The first-order valence-electron chi connectivity index (χ1n) is 9.72. The van der Waals surface area contributed by atoms with E-state index in [1.54, 1.807) is 42.5 Å². The minimum absolute atomic E-state index is 0.124. The van der Waals surface area contributed by atoms with E-state index in [2.05, 4.69) is 5.32 Å². The van der Waals surface area contributed by atoms with Crippen LogP contribution in [0.15, 0.2) is 47.4 Å². The summed E-state index contributed by atoms with van der Waals surface area (Å²) in [5.41, 5.74) is 1.56. The molecule has 8 heteroatoms. The van der Waals surface area contributed by atoms with Gasteiger partial charge in [0.25, 0.3) is 0 Å². The molecule has 0 aromatic heterocycles. The minimum Gasteiger partial charge on any atom is -0.486 e. The van der Waals surface area contributed by atoms with Crippen molar-refractivity contribution in [3.8, 4) is 11.5 Å². The molecule has 7 nitrogen and oxygen atoms in total. The van der Waals surface area contributed by atoms with Crippen molar-refractivity contribution in [3.05, 3.63) is 48.0 Å². The van der Waals surface area contributed by atoms with Crippen LogP contribution in [0.2, 0.25) is 0 Å². The van der Waals surface area contributed by atoms with Crippen LogP contribution in [-0.2, 0) is 21.2 Å². The first kappa shape index (κ1) is 21.1. The maximum atomic E-state index is 12.5. The lowest BCUT2D eigenvalue weighted by atomic mass is 10.1. The SMILES string of the molecule is CCN(CC)S(=O)(=O)c1ccc(CCC(=O)Nc2ccc3c(c2)OCCO3)cc1. The van der Waals surface area contributed by atoms with Crippen LogP contribution in [-0.4, -0.2) is 44.9 Å². The summed E-state index contributed by atoms with van der Waals surface area (Å²) in [7, 11) is -3.47. The molecule has 1 aliphatic rings. The van der Waals surface area contributed by atoms with Crippen molar-refractivity contribution in [2.45, 2.75) is 31.6 Å². The highest BCUT2D eigenvalue weighted by Crippen LogP contribution is 2.32. The van der Waals surface area contributed by atoms with Gasteiger partial charge >= 0.3 is 0 Å². The van der Waals surface area contributed by atoms with E-state index in [9.17, 15) is 13.2 Å². The maximum absolute atomic E-state index is 12.5. The van der Waals surface area contributed by atoms with Crippen LogP contribution in [0.4, 0.5) is 5.69 Å². The molecule has 0 saturated heterocycles. The zero-order chi connectivity index (χ0) is 20.9. The molecular weight excluding hydrogens is 392 g/mol. The Morgan fingerprint density at radius 3 is 2.31 bits per heavy atom. The van der Waals surface area contributed by atoms with E-state index < -0.39 is 10.0 Å². The first-order chi connectivity index (χ1) is 13.9. The second-order valence-corrected chi connectivity index (χ2v) is 8.58. The largest absolute Gasteiger partial charge is 0.486 e. The van der Waals surface area contributed by atoms with Crippen LogP contribution < -0.4 is 14.8 Å².